The van der Waals surface area contributed by atoms with E-state index in [2.05, 4.69) is 14.8 Å². The maximum Gasteiger partial charge on any atom is 0.325 e. The Kier molecular flexibility index (Phi) is 4.92. The van der Waals surface area contributed by atoms with Gasteiger partial charge in [0, 0.05) is 30.2 Å². The first-order valence-corrected chi connectivity index (χ1v) is 7.62. The molecule has 0 saturated heterocycles. The van der Waals surface area contributed by atoms with Crippen molar-refractivity contribution in [2.24, 2.45) is 7.05 Å². The van der Waals surface area contributed by atoms with Gasteiger partial charge in [0.15, 0.2) is 0 Å². The molecule has 0 spiro atoms. The number of amides is 1. The fourth-order valence-corrected chi connectivity index (χ4v) is 2.65. The highest BCUT2D eigenvalue weighted by Crippen LogP contribution is 2.23. The molecule has 2 rings (SSSR count). The molecule has 0 aromatic carbocycles. The summed E-state index contributed by atoms with van der Waals surface area (Å²) >= 11 is 1.37. The van der Waals surface area contributed by atoms with Crippen LogP contribution < -0.4 is 0 Å². The second-order valence-electron chi connectivity index (χ2n) is 5.04. The van der Waals surface area contributed by atoms with Gasteiger partial charge in [0.1, 0.15) is 17.2 Å². The van der Waals surface area contributed by atoms with Gasteiger partial charge in [-0.1, -0.05) is 0 Å². The zero-order valence-electron chi connectivity index (χ0n) is 12.9. The number of esters is 1. The molecular weight excluding hydrogens is 304 g/mol. The number of ether oxygens (including phenoxy) is 1. The first-order chi connectivity index (χ1) is 10.4. The van der Waals surface area contributed by atoms with E-state index in [9.17, 15) is 9.59 Å². The third-order valence-corrected chi connectivity index (χ3v) is 3.98. The van der Waals surface area contributed by atoms with E-state index in [0.29, 0.717) is 5.69 Å². The number of methoxy groups -OCH3 is 1. The van der Waals surface area contributed by atoms with Crippen LogP contribution in [0.3, 0.4) is 0 Å². The third kappa shape index (κ3) is 3.51. The predicted molar refractivity (Wildman–Crippen MR) is 82.5 cm³/mol. The van der Waals surface area contributed by atoms with Gasteiger partial charge in [0.25, 0.3) is 5.91 Å². The van der Waals surface area contributed by atoms with E-state index in [1.54, 1.807) is 16.3 Å². The van der Waals surface area contributed by atoms with Crippen LogP contribution in [-0.2, 0) is 16.6 Å². The van der Waals surface area contributed by atoms with Gasteiger partial charge >= 0.3 is 5.97 Å². The molecule has 8 heteroatoms. The number of rotatable bonds is 5. The Morgan fingerprint density at radius 3 is 2.73 bits per heavy atom. The van der Waals surface area contributed by atoms with Gasteiger partial charge in [0.2, 0.25) is 0 Å². The summed E-state index contributed by atoms with van der Waals surface area (Å²) in [5, 5.41) is 6.50. The van der Waals surface area contributed by atoms with E-state index < -0.39 is 5.97 Å². The second kappa shape index (κ2) is 6.69. The molecule has 0 unspecified atom stereocenters. The Bertz CT molecular complexity index is 677. The number of aromatic nitrogens is 3. The number of hydrogen-bond acceptors (Lipinski definition) is 6. The first kappa shape index (κ1) is 16.2. The number of thiazole rings is 1. The Labute approximate surface area is 132 Å². The Morgan fingerprint density at radius 2 is 2.18 bits per heavy atom. The van der Waals surface area contributed by atoms with Crippen LogP contribution in [0.25, 0.3) is 10.6 Å². The van der Waals surface area contributed by atoms with Crippen LogP contribution in [0.2, 0.25) is 0 Å². The average Bonchev–Trinajstić information content (AvgIpc) is 3.11. The molecule has 0 fully saturated rings. The smallest absolute Gasteiger partial charge is 0.325 e. The molecule has 118 valence electrons. The average molecular weight is 322 g/mol. The van der Waals surface area contributed by atoms with Crippen LogP contribution in [0.5, 0.6) is 0 Å². The van der Waals surface area contributed by atoms with E-state index in [-0.39, 0.29) is 18.5 Å². The van der Waals surface area contributed by atoms with E-state index >= 15 is 0 Å². The zero-order chi connectivity index (χ0) is 16.3. The van der Waals surface area contributed by atoms with Gasteiger partial charge in [-0.2, -0.15) is 5.10 Å². The highest BCUT2D eigenvalue weighted by atomic mass is 32.1. The number of carbonyl (C=O) groups is 2. The minimum atomic E-state index is -0.454. The molecule has 22 heavy (non-hydrogen) atoms. The molecule has 0 radical (unpaired) electrons. The maximum atomic E-state index is 12.5. The van der Waals surface area contributed by atoms with Crippen LogP contribution in [0.15, 0.2) is 17.8 Å². The molecule has 0 saturated carbocycles. The van der Waals surface area contributed by atoms with E-state index in [1.165, 1.54) is 23.3 Å². The summed E-state index contributed by atoms with van der Waals surface area (Å²) in [7, 11) is 3.12. The molecule has 2 aromatic rings. The quantitative estimate of drug-likeness (QED) is 0.781. The lowest BCUT2D eigenvalue weighted by Crippen LogP contribution is -2.41. The topological polar surface area (TPSA) is 77.3 Å². The molecular formula is C14H18N4O3S. The molecule has 7 nitrogen and oxygen atoms in total. The lowest BCUT2D eigenvalue weighted by atomic mass is 10.2. The van der Waals surface area contributed by atoms with E-state index in [4.69, 9.17) is 0 Å². The van der Waals surface area contributed by atoms with Crippen LogP contribution in [0, 0.1) is 0 Å². The molecule has 0 aliphatic heterocycles. The molecule has 1 amide bonds. The lowest BCUT2D eigenvalue weighted by molar-refractivity contribution is -0.141. The molecule has 0 atom stereocenters. The van der Waals surface area contributed by atoms with E-state index in [0.717, 1.165) is 10.6 Å². The summed E-state index contributed by atoms with van der Waals surface area (Å²) < 4.78 is 6.31. The number of aryl methyl sites for hydroxylation is 1. The van der Waals surface area contributed by atoms with Gasteiger partial charge in [0.05, 0.1) is 13.3 Å². The number of carbonyl (C=O) groups excluding carboxylic acids is 2. The van der Waals surface area contributed by atoms with Crippen molar-refractivity contribution in [3.63, 3.8) is 0 Å². The minimum absolute atomic E-state index is 0.0905. The van der Waals surface area contributed by atoms with Gasteiger partial charge in [-0.15, -0.1) is 11.3 Å². The van der Waals surface area contributed by atoms with Gasteiger partial charge in [-0.05, 0) is 13.8 Å². The summed E-state index contributed by atoms with van der Waals surface area (Å²) in [6, 6.07) is -0.129. The molecule has 0 bridgehead atoms. The van der Waals surface area contributed by atoms with Gasteiger partial charge in [-0.3, -0.25) is 14.3 Å². The summed E-state index contributed by atoms with van der Waals surface area (Å²) in [6.45, 7) is 3.59. The number of nitrogens with zero attached hydrogens (tertiary/aromatic N) is 4. The summed E-state index contributed by atoms with van der Waals surface area (Å²) in [6.07, 6.45) is 3.53. The molecule has 0 aliphatic rings. The van der Waals surface area contributed by atoms with Crippen LogP contribution in [0.4, 0.5) is 0 Å². The Morgan fingerprint density at radius 1 is 1.45 bits per heavy atom. The van der Waals surface area contributed by atoms with Gasteiger partial charge in [-0.25, -0.2) is 4.98 Å². The summed E-state index contributed by atoms with van der Waals surface area (Å²) in [5.74, 6) is -0.739. The van der Waals surface area contributed by atoms with Crippen molar-refractivity contribution in [1.29, 1.82) is 0 Å². The zero-order valence-corrected chi connectivity index (χ0v) is 13.8. The fourth-order valence-electron chi connectivity index (χ4n) is 1.88. The normalized spacial score (nSPS) is 10.8. The van der Waals surface area contributed by atoms with Crippen molar-refractivity contribution in [1.82, 2.24) is 19.7 Å². The van der Waals surface area contributed by atoms with Crippen LogP contribution >= 0.6 is 11.3 Å². The van der Waals surface area contributed by atoms with Crippen molar-refractivity contribution in [2.75, 3.05) is 13.7 Å². The molecule has 2 aromatic heterocycles. The number of hydrogen-bond donors (Lipinski definition) is 0. The fraction of sp³-hybridized carbons (Fsp3) is 0.429. The SMILES string of the molecule is COC(=O)CN(C(=O)c1csc(-c2cnn(C)c2)n1)C(C)C. The van der Waals surface area contributed by atoms with Crippen molar-refractivity contribution in [3.8, 4) is 10.6 Å². The molecule has 2 heterocycles. The second-order valence-corrected chi connectivity index (χ2v) is 5.90. The monoisotopic (exact) mass is 322 g/mol. The maximum absolute atomic E-state index is 12.5. The van der Waals surface area contributed by atoms with Crippen molar-refractivity contribution in [3.05, 3.63) is 23.5 Å². The minimum Gasteiger partial charge on any atom is -0.468 e. The molecule has 0 N–H and O–H groups in total. The largest absolute Gasteiger partial charge is 0.468 e. The van der Waals surface area contributed by atoms with Crippen molar-refractivity contribution >= 4 is 23.2 Å². The standard InChI is InChI=1S/C14H18N4O3S/c1-9(2)18(7-12(19)21-4)14(20)11-8-22-13(16-11)10-5-15-17(3)6-10/h5-6,8-9H,7H2,1-4H3. The Balaban J connectivity index is 2.21. The molecule has 0 aliphatic carbocycles. The summed E-state index contributed by atoms with van der Waals surface area (Å²) in [5.41, 5.74) is 1.18. The lowest BCUT2D eigenvalue weighted by Gasteiger charge is -2.24. The van der Waals surface area contributed by atoms with Gasteiger partial charge < -0.3 is 9.64 Å². The third-order valence-electron chi connectivity index (χ3n) is 3.09. The first-order valence-electron chi connectivity index (χ1n) is 6.74. The Hall–Kier alpha value is -2.22. The highest BCUT2D eigenvalue weighted by Gasteiger charge is 2.24. The van der Waals surface area contributed by atoms with E-state index in [1.807, 2.05) is 27.1 Å². The van der Waals surface area contributed by atoms with Crippen LogP contribution in [0.1, 0.15) is 24.3 Å². The van der Waals surface area contributed by atoms with Crippen molar-refractivity contribution in [2.45, 2.75) is 19.9 Å². The summed E-state index contributed by atoms with van der Waals surface area (Å²) in [4.78, 5) is 29.8. The van der Waals surface area contributed by atoms with Crippen molar-refractivity contribution < 1.29 is 14.3 Å². The highest BCUT2D eigenvalue weighted by molar-refractivity contribution is 7.13. The van der Waals surface area contributed by atoms with Crippen LogP contribution in [-0.4, -0.2) is 51.2 Å². The predicted octanol–water partition coefficient (Wildman–Crippen LogP) is 1.57.